The Morgan fingerprint density at radius 1 is 1.70 bits per heavy atom. The van der Waals surface area contributed by atoms with E-state index in [0.717, 1.165) is 5.56 Å². The first-order valence-electron chi connectivity index (χ1n) is 2.79. The summed E-state index contributed by atoms with van der Waals surface area (Å²) in [6.07, 6.45) is 5.93. The molecular weight excluding hydrogens is 128 g/mol. The van der Waals surface area contributed by atoms with E-state index in [-0.39, 0.29) is 0 Å². The van der Waals surface area contributed by atoms with Gasteiger partial charge in [-0.3, -0.25) is 4.79 Å². The Kier molecular flexibility index (Phi) is 2.05. The molecule has 0 aliphatic rings. The van der Waals surface area contributed by atoms with Gasteiger partial charge in [-0.2, -0.15) is 0 Å². The third-order valence-corrected chi connectivity index (χ3v) is 0.983. The van der Waals surface area contributed by atoms with Crippen molar-refractivity contribution < 1.29 is 9.21 Å². The molecule has 0 N–H and O–H groups in total. The molecule has 0 atom stereocenters. The van der Waals surface area contributed by atoms with Gasteiger partial charge in [0.2, 0.25) is 0 Å². The Bertz CT molecular complexity index is 232. The zero-order valence-corrected chi connectivity index (χ0v) is 5.28. The van der Waals surface area contributed by atoms with Crippen molar-refractivity contribution in [2.75, 3.05) is 0 Å². The molecule has 0 unspecified atom stereocenters. The average Bonchev–Trinajstić information content (AvgIpc) is 2.34. The molecule has 0 amide bonds. The fraction of sp³-hybridized carbons (Fsp3) is 0. The van der Waals surface area contributed by atoms with Crippen LogP contribution < -0.4 is 0 Å². The molecule has 0 fully saturated rings. The summed E-state index contributed by atoms with van der Waals surface area (Å²) >= 11 is 0. The molecule has 0 saturated heterocycles. The maximum absolute atomic E-state index is 10.2. The lowest BCUT2D eigenvalue weighted by molar-refractivity contribution is -0.110. The summed E-state index contributed by atoms with van der Waals surface area (Å²) in [5.74, 6) is -0.457. The minimum absolute atomic E-state index is 0.457. The van der Waals surface area contributed by atoms with Crippen LogP contribution in [0.4, 0.5) is 0 Å². The van der Waals surface area contributed by atoms with Gasteiger partial charge < -0.3 is 4.42 Å². The first kappa shape index (κ1) is 6.81. The van der Waals surface area contributed by atoms with Crippen molar-refractivity contribution in [2.24, 2.45) is 0 Å². The number of carbonyl (C=O) groups excluding carboxylic acids is 1. The Labute approximate surface area is 59.2 Å². The Balaban J connectivity index is 2.64. The molecule has 2 heteroatoms. The number of carbonyl (C=O) groups is 1. The minimum Gasteiger partial charge on any atom is -0.472 e. The second kappa shape index (κ2) is 3.01. The van der Waals surface area contributed by atoms with Crippen molar-refractivity contribution in [3.05, 3.63) is 37.2 Å². The Morgan fingerprint density at radius 2 is 2.50 bits per heavy atom. The molecule has 2 nitrogen and oxygen atoms in total. The maximum Gasteiger partial charge on any atom is 0.160 e. The van der Waals surface area contributed by atoms with Gasteiger partial charge in [-0.25, -0.2) is 0 Å². The molecule has 2 radical (unpaired) electrons. The molecule has 1 heterocycles. The Morgan fingerprint density at radius 3 is 3.00 bits per heavy atom. The monoisotopic (exact) mass is 134 g/mol. The standard InChI is InChI=1S/C8H6O2/c1-7(9)2-3-8-4-5-10-6-8/h1-6H/b3-2+. The molecule has 0 aliphatic heterocycles. The highest BCUT2D eigenvalue weighted by Crippen LogP contribution is 2.01. The highest BCUT2D eigenvalue weighted by Gasteiger charge is 1.86. The first-order valence-corrected chi connectivity index (χ1v) is 2.79. The van der Waals surface area contributed by atoms with Crippen molar-refractivity contribution in [1.29, 1.82) is 0 Å². The van der Waals surface area contributed by atoms with Crippen molar-refractivity contribution in [2.45, 2.75) is 0 Å². The van der Waals surface area contributed by atoms with Gasteiger partial charge in [0.15, 0.2) is 5.78 Å². The number of allylic oxidation sites excluding steroid dienone is 1. The predicted octanol–water partition coefficient (Wildman–Crippen LogP) is 1.57. The predicted molar refractivity (Wildman–Crippen MR) is 37.0 cm³/mol. The largest absolute Gasteiger partial charge is 0.472 e. The zero-order chi connectivity index (χ0) is 7.40. The van der Waals surface area contributed by atoms with E-state index in [2.05, 4.69) is 0 Å². The van der Waals surface area contributed by atoms with Gasteiger partial charge in [0.25, 0.3) is 0 Å². The van der Waals surface area contributed by atoms with Gasteiger partial charge in [-0.05, 0) is 18.2 Å². The zero-order valence-electron chi connectivity index (χ0n) is 5.28. The first-order chi connectivity index (χ1) is 4.79. The van der Waals surface area contributed by atoms with Crippen molar-refractivity contribution in [3.63, 3.8) is 0 Å². The molecular formula is C8H6O2. The maximum atomic E-state index is 10.2. The molecule has 1 aromatic rings. The molecule has 0 aliphatic carbocycles. The molecule has 1 rings (SSSR count). The Hall–Kier alpha value is -1.31. The van der Waals surface area contributed by atoms with Crippen LogP contribution >= 0.6 is 0 Å². The molecule has 0 bridgehead atoms. The number of furan rings is 1. The lowest BCUT2D eigenvalue weighted by Gasteiger charge is -1.77. The van der Waals surface area contributed by atoms with Crippen LogP contribution in [-0.2, 0) is 4.79 Å². The van der Waals surface area contributed by atoms with Gasteiger partial charge >= 0.3 is 0 Å². The second-order valence-electron chi connectivity index (χ2n) is 1.79. The fourth-order valence-corrected chi connectivity index (χ4v) is 0.548. The summed E-state index contributed by atoms with van der Waals surface area (Å²) in [5, 5.41) is 0. The van der Waals surface area contributed by atoms with Crippen molar-refractivity contribution in [1.82, 2.24) is 0 Å². The van der Waals surface area contributed by atoms with E-state index in [0.29, 0.717) is 0 Å². The summed E-state index contributed by atoms with van der Waals surface area (Å²) < 4.78 is 4.74. The minimum atomic E-state index is -0.457. The third kappa shape index (κ3) is 1.90. The van der Waals surface area contributed by atoms with Crippen LogP contribution in [0.1, 0.15) is 5.56 Å². The molecule has 0 saturated carbocycles. The van der Waals surface area contributed by atoms with Crippen LogP contribution in [0.5, 0.6) is 0 Å². The van der Waals surface area contributed by atoms with Crippen LogP contribution in [0.25, 0.3) is 6.08 Å². The highest BCUT2D eigenvalue weighted by atomic mass is 16.3. The summed E-state index contributed by atoms with van der Waals surface area (Å²) in [4.78, 5) is 10.2. The van der Waals surface area contributed by atoms with Crippen LogP contribution in [0, 0.1) is 6.92 Å². The quantitative estimate of drug-likeness (QED) is 0.575. The van der Waals surface area contributed by atoms with Gasteiger partial charge in [-0.1, -0.05) is 0 Å². The smallest absolute Gasteiger partial charge is 0.160 e. The van der Waals surface area contributed by atoms with E-state index >= 15 is 0 Å². The van der Waals surface area contributed by atoms with Crippen molar-refractivity contribution in [3.8, 4) is 0 Å². The van der Waals surface area contributed by atoms with Gasteiger partial charge in [0.1, 0.15) is 0 Å². The fourth-order valence-electron chi connectivity index (χ4n) is 0.548. The van der Waals surface area contributed by atoms with Crippen LogP contribution in [-0.4, -0.2) is 5.78 Å². The average molecular weight is 134 g/mol. The van der Waals surface area contributed by atoms with E-state index < -0.39 is 5.78 Å². The molecule has 0 spiro atoms. The molecule has 0 aromatic carbocycles. The normalized spacial score (nSPS) is 10.5. The van der Waals surface area contributed by atoms with Crippen LogP contribution in [0.15, 0.2) is 29.1 Å². The molecule has 10 heavy (non-hydrogen) atoms. The summed E-state index contributed by atoms with van der Waals surface area (Å²) in [6.45, 7) is 4.85. The van der Waals surface area contributed by atoms with Crippen LogP contribution in [0.2, 0.25) is 0 Å². The number of hydrogen-bond acceptors (Lipinski definition) is 2. The molecule has 50 valence electrons. The van der Waals surface area contributed by atoms with Gasteiger partial charge in [0.05, 0.1) is 12.5 Å². The van der Waals surface area contributed by atoms with Crippen LogP contribution in [0.3, 0.4) is 0 Å². The SMILES string of the molecule is [CH]C(=O)/C=C/c1ccoc1. The van der Waals surface area contributed by atoms with Gasteiger partial charge in [-0.15, -0.1) is 0 Å². The highest BCUT2D eigenvalue weighted by molar-refractivity contribution is 5.96. The van der Waals surface area contributed by atoms with E-state index in [1.54, 1.807) is 12.1 Å². The van der Waals surface area contributed by atoms with Gasteiger partial charge in [0, 0.05) is 12.5 Å². The lowest BCUT2D eigenvalue weighted by Crippen LogP contribution is -1.78. The number of hydrogen-bond donors (Lipinski definition) is 0. The molecule has 1 aromatic heterocycles. The second-order valence-corrected chi connectivity index (χ2v) is 1.79. The summed E-state index contributed by atoms with van der Waals surface area (Å²) in [6, 6.07) is 1.74. The summed E-state index contributed by atoms with van der Waals surface area (Å²) in [5.41, 5.74) is 0.832. The van der Waals surface area contributed by atoms with Crippen molar-refractivity contribution >= 4 is 11.9 Å². The van der Waals surface area contributed by atoms with E-state index in [9.17, 15) is 4.79 Å². The number of ketones is 1. The lowest BCUT2D eigenvalue weighted by atomic mass is 10.3. The third-order valence-electron chi connectivity index (χ3n) is 0.983. The summed E-state index contributed by atoms with van der Waals surface area (Å²) in [7, 11) is 0. The van der Waals surface area contributed by atoms with E-state index in [1.807, 2.05) is 0 Å². The van der Waals surface area contributed by atoms with E-state index in [1.165, 1.54) is 18.6 Å². The topological polar surface area (TPSA) is 30.2 Å². The van der Waals surface area contributed by atoms with E-state index in [4.69, 9.17) is 11.3 Å². The number of rotatable bonds is 2.